The van der Waals surface area contributed by atoms with Gasteiger partial charge in [0.15, 0.2) is 0 Å². The molecule has 1 N–H and O–H groups in total. The molecular weight excluding hydrogens is 258 g/mol. The molecule has 0 aromatic heterocycles. The van der Waals surface area contributed by atoms with Crippen LogP contribution in [-0.2, 0) is 20.8 Å². The zero-order valence-corrected chi connectivity index (χ0v) is 11.3. The molecule has 108 valence electrons. The number of alkyl carbamates (subject to hydrolysis) is 1. The van der Waals surface area contributed by atoms with E-state index < -0.39 is 6.09 Å². The summed E-state index contributed by atoms with van der Waals surface area (Å²) < 4.78 is 15.3. The van der Waals surface area contributed by atoms with E-state index in [1.807, 2.05) is 30.3 Å². The van der Waals surface area contributed by atoms with Crippen molar-refractivity contribution in [2.75, 3.05) is 33.0 Å². The van der Waals surface area contributed by atoms with E-state index in [0.717, 1.165) is 5.56 Å². The van der Waals surface area contributed by atoms with E-state index in [2.05, 4.69) is 11.2 Å². The number of amides is 1. The molecule has 1 aromatic rings. The average Bonchev–Trinajstić information content (AvgIpc) is 2.49. The van der Waals surface area contributed by atoms with Crippen molar-refractivity contribution < 1.29 is 19.0 Å². The van der Waals surface area contributed by atoms with Crippen molar-refractivity contribution in [1.29, 1.82) is 0 Å². The minimum absolute atomic E-state index is 0.257. The molecule has 1 aromatic carbocycles. The minimum atomic E-state index is -0.457. The normalized spacial score (nSPS) is 9.75. The van der Waals surface area contributed by atoms with Crippen molar-refractivity contribution >= 4 is 6.09 Å². The third-order valence-electron chi connectivity index (χ3n) is 2.29. The summed E-state index contributed by atoms with van der Waals surface area (Å²) in [4.78, 5) is 11.4. The van der Waals surface area contributed by atoms with Crippen LogP contribution in [0.2, 0.25) is 0 Å². The topological polar surface area (TPSA) is 56.8 Å². The van der Waals surface area contributed by atoms with Crippen LogP contribution in [0.25, 0.3) is 0 Å². The summed E-state index contributed by atoms with van der Waals surface area (Å²) in [5.74, 6) is 2.36. The van der Waals surface area contributed by atoms with E-state index in [1.165, 1.54) is 0 Å². The van der Waals surface area contributed by atoms with Gasteiger partial charge >= 0.3 is 6.09 Å². The highest BCUT2D eigenvalue weighted by Crippen LogP contribution is 2.00. The molecule has 1 rings (SSSR count). The number of nitrogens with one attached hydrogen (secondary N) is 1. The van der Waals surface area contributed by atoms with Crippen LogP contribution in [0, 0.1) is 12.3 Å². The van der Waals surface area contributed by atoms with E-state index in [0.29, 0.717) is 26.4 Å². The molecule has 5 heteroatoms. The molecule has 0 radical (unpaired) electrons. The number of ether oxygens (including phenoxy) is 3. The Bertz CT molecular complexity index is 414. The van der Waals surface area contributed by atoms with Crippen LogP contribution in [0.15, 0.2) is 30.3 Å². The Morgan fingerprint density at radius 1 is 1.15 bits per heavy atom. The van der Waals surface area contributed by atoms with Crippen molar-refractivity contribution in [1.82, 2.24) is 5.32 Å². The Balaban J connectivity index is 1.94. The SMILES string of the molecule is C#CCOCCOCCNC(=O)OCc1ccccc1. The van der Waals surface area contributed by atoms with Crippen LogP contribution < -0.4 is 5.32 Å². The van der Waals surface area contributed by atoms with Gasteiger partial charge in [-0.3, -0.25) is 0 Å². The molecule has 0 spiro atoms. The smallest absolute Gasteiger partial charge is 0.407 e. The molecule has 0 unspecified atom stereocenters. The van der Waals surface area contributed by atoms with E-state index in [-0.39, 0.29) is 13.2 Å². The van der Waals surface area contributed by atoms with Gasteiger partial charge in [0, 0.05) is 6.54 Å². The second-order valence-corrected chi connectivity index (χ2v) is 3.86. The van der Waals surface area contributed by atoms with Gasteiger partial charge in [0.2, 0.25) is 0 Å². The maximum Gasteiger partial charge on any atom is 0.407 e. The van der Waals surface area contributed by atoms with Gasteiger partial charge in [-0.2, -0.15) is 0 Å². The standard InChI is InChI=1S/C15H19NO4/c1-2-9-18-11-12-19-10-8-16-15(17)20-13-14-6-4-3-5-7-14/h1,3-7H,8-13H2,(H,16,17). The Morgan fingerprint density at radius 2 is 1.90 bits per heavy atom. The summed E-state index contributed by atoms with van der Waals surface area (Å²) in [5.41, 5.74) is 0.949. The number of carbonyl (C=O) groups excluding carboxylic acids is 1. The Hall–Kier alpha value is -2.03. The van der Waals surface area contributed by atoms with Gasteiger partial charge < -0.3 is 19.5 Å². The van der Waals surface area contributed by atoms with Gasteiger partial charge in [-0.25, -0.2) is 4.79 Å². The van der Waals surface area contributed by atoms with Crippen LogP contribution in [-0.4, -0.2) is 39.1 Å². The molecule has 0 saturated carbocycles. The summed E-state index contributed by atoms with van der Waals surface area (Å²) in [6.07, 6.45) is 4.56. The molecule has 0 aliphatic rings. The fraction of sp³-hybridized carbons (Fsp3) is 0.400. The Morgan fingerprint density at radius 3 is 2.65 bits per heavy atom. The first-order valence-corrected chi connectivity index (χ1v) is 6.36. The highest BCUT2D eigenvalue weighted by atomic mass is 16.5. The van der Waals surface area contributed by atoms with Gasteiger partial charge in [0.05, 0.1) is 19.8 Å². The second-order valence-electron chi connectivity index (χ2n) is 3.86. The van der Waals surface area contributed by atoms with E-state index in [4.69, 9.17) is 20.6 Å². The van der Waals surface area contributed by atoms with E-state index in [9.17, 15) is 4.79 Å². The molecule has 5 nitrogen and oxygen atoms in total. The first kappa shape index (κ1) is 16.0. The van der Waals surface area contributed by atoms with Crippen LogP contribution in [0.5, 0.6) is 0 Å². The molecule has 0 aliphatic carbocycles. The predicted octanol–water partition coefficient (Wildman–Crippen LogP) is 1.58. The van der Waals surface area contributed by atoms with Crippen molar-refractivity contribution in [2.24, 2.45) is 0 Å². The second kappa shape index (κ2) is 10.9. The first-order chi connectivity index (χ1) is 9.83. The lowest BCUT2D eigenvalue weighted by Crippen LogP contribution is -2.28. The lowest BCUT2D eigenvalue weighted by Gasteiger charge is -2.07. The van der Waals surface area contributed by atoms with Gasteiger partial charge in [-0.15, -0.1) is 6.42 Å². The molecule has 1 amide bonds. The van der Waals surface area contributed by atoms with Crippen LogP contribution >= 0.6 is 0 Å². The zero-order chi connectivity index (χ0) is 14.5. The van der Waals surface area contributed by atoms with E-state index >= 15 is 0 Å². The summed E-state index contributed by atoms with van der Waals surface area (Å²) in [7, 11) is 0. The Labute approximate surface area is 119 Å². The third-order valence-corrected chi connectivity index (χ3v) is 2.29. The molecule has 0 saturated heterocycles. The first-order valence-electron chi connectivity index (χ1n) is 6.36. The molecule has 0 aliphatic heterocycles. The van der Waals surface area contributed by atoms with E-state index in [1.54, 1.807) is 0 Å². The third kappa shape index (κ3) is 8.14. The molecule has 0 bridgehead atoms. The monoisotopic (exact) mass is 277 g/mol. The number of hydrogen-bond donors (Lipinski definition) is 1. The molecule has 0 atom stereocenters. The summed E-state index contributed by atoms with van der Waals surface area (Å²) in [6, 6.07) is 9.49. The van der Waals surface area contributed by atoms with Crippen molar-refractivity contribution in [3.8, 4) is 12.3 Å². The zero-order valence-electron chi connectivity index (χ0n) is 11.3. The van der Waals surface area contributed by atoms with Gasteiger partial charge in [0.25, 0.3) is 0 Å². The predicted molar refractivity (Wildman–Crippen MR) is 75.1 cm³/mol. The summed E-state index contributed by atoms with van der Waals surface area (Å²) >= 11 is 0. The van der Waals surface area contributed by atoms with Crippen molar-refractivity contribution in [2.45, 2.75) is 6.61 Å². The molecule has 0 fully saturated rings. The maximum atomic E-state index is 11.4. The average molecular weight is 277 g/mol. The molecule has 20 heavy (non-hydrogen) atoms. The fourth-order valence-corrected chi connectivity index (χ4v) is 1.35. The number of benzene rings is 1. The number of hydrogen-bond acceptors (Lipinski definition) is 4. The van der Waals surface area contributed by atoms with Crippen molar-refractivity contribution in [3.05, 3.63) is 35.9 Å². The largest absolute Gasteiger partial charge is 0.445 e. The maximum absolute atomic E-state index is 11.4. The number of terminal acetylenes is 1. The number of carbonyl (C=O) groups is 1. The van der Waals surface area contributed by atoms with Crippen LogP contribution in [0.3, 0.4) is 0 Å². The summed E-state index contributed by atoms with van der Waals surface area (Å²) in [5, 5.41) is 2.60. The quantitative estimate of drug-likeness (QED) is 0.550. The molecule has 0 heterocycles. The highest BCUT2D eigenvalue weighted by molar-refractivity contribution is 5.67. The summed E-state index contributed by atoms with van der Waals surface area (Å²) in [6.45, 7) is 2.23. The number of rotatable bonds is 9. The van der Waals surface area contributed by atoms with Gasteiger partial charge in [-0.1, -0.05) is 36.3 Å². The highest BCUT2D eigenvalue weighted by Gasteiger charge is 2.01. The van der Waals surface area contributed by atoms with Gasteiger partial charge in [0.1, 0.15) is 13.2 Å². The lowest BCUT2D eigenvalue weighted by atomic mass is 10.2. The lowest BCUT2D eigenvalue weighted by molar-refractivity contribution is 0.0602. The minimum Gasteiger partial charge on any atom is -0.445 e. The van der Waals surface area contributed by atoms with Crippen LogP contribution in [0.1, 0.15) is 5.56 Å². The van der Waals surface area contributed by atoms with Crippen molar-refractivity contribution in [3.63, 3.8) is 0 Å². The molecular formula is C15H19NO4. The fourth-order valence-electron chi connectivity index (χ4n) is 1.35. The van der Waals surface area contributed by atoms with Crippen LogP contribution in [0.4, 0.5) is 4.79 Å². The Kier molecular flexibility index (Phi) is 8.70. The van der Waals surface area contributed by atoms with Gasteiger partial charge in [-0.05, 0) is 5.56 Å².